The zero-order chi connectivity index (χ0) is 15.4. The lowest BCUT2D eigenvalue weighted by atomic mass is 9.74. The molecule has 0 spiro atoms. The van der Waals surface area contributed by atoms with E-state index in [1.54, 1.807) is 0 Å². The molecule has 0 heterocycles. The van der Waals surface area contributed by atoms with E-state index in [-0.39, 0.29) is 0 Å². The summed E-state index contributed by atoms with van der Waals surface area (Å²) >= 11 is 3.49. The second kappa shape index (κ2) is 7.75. The Morgan fingerprint density at radius 3 is 2.52 bits per heavy atom. The van der Waals surface area contributed by atoms with Crippen molar-refractivity contribution in [3.05, 3.63) is 34.3 Å². The van der Waals surface area contributed by atoms with Gasteiger partial charge in [0.15, 0.2) is 0 Å². The molecule has 2 nitrogen and oxygen atoms in total. The molecule has 0 amide bonds. The van der Waals surface area contributed by atoms with Crippen molar-refractivity contribution in [2.75, 3.05) is 13.6 Å². The third-order valence-corrected chi connectivity index (χ3v) is 5.47. The number of hydrogen-bond acceptors (Lipinski definition) is 2. The number of nitrogens with zero attached hydrogens (tertiary/aromatic N) is 1. The Kier molecular flexibility index (Phi) is 6.27. The molecule has 1 aliphatic rings. The molecule has 2 N–H and O–H groups in total. The van der Waals surface area contributed by atoms with Crippen molar-refractivity contribution in [3.8, 4) is 0 Å². The van der Waals surface area contributed by atoms with E-state index in [0.717, 1.165) is 29.4 Å². The first kappa shape index (κ1) is 17.0. The Morgan fingerprint density at radius 2 is 1.90 bits per heavy atom. The van der Waals surface area contributed by atoms with E-state index in [1.807, 2.05) is 0 Å². The van der Waals surface area contributed by atoms with Crippen LogP contribution in [-0.4, -0.2) is 24.5 Å². The standard InChI is InChI=1S/C18H29BrN2/c1-13(2)15-6-9-18(20)16(10-15)12-21(3)11-14-4-7-17(19)8-5-14/h4-5,7-8,13,15-16,18H,6,9-12,20H2,1-3H3. The molecule has 2 rings (SSSR count). The minimum atomic E-state index is 0.382. The van der Waals surface area contributed by atoms with Gasteiger partial charge in [0, 0.05) is 23.6 Å². The van der Waals surface area contributed by atoms with Crippen molar-refractivity contribution in [2.24, 2.45) is 23.5 Å². The Hall–Kier alpha value is -0.380. The molecule has 1 fully saturated rings. The van der Waals surface area contributed by atoms with Crippen molar-refractivity contribution < 1.29 is 0 Å². The van der Waals surface area contributed by atoms with Gasteiger partial charge >= 0.3 is 0 Å². The lowest BCUT2D eigenvalue weighted by Gasteiger charge is -2.38. The van der Waals surface area contributed by atoms with Crippen molar-refractivity contribution >= 4 is 15.9 Å². The third-order valence-electron chi connectivity index (χ3n) is 4.94. The summed E-state index contributed by atoms with van der Waals surface area (Å²) in [5, 5.41) is 0. The molecule has 1 aromatic rings. The number of nitrogens with two attached hydrogens (primary N) is 1. The Labute approximate surface area is 138 Å². The minimum Gasteiger partial charge on any atom is -0.327 e. The first-order chi connectivity index (χ1) is 9.95. The molecule has 3 atom stereocenters. The van der Waals surface area contributed by atoms with Crippen LogP contribution in [0, 0.1) is 17.8 Å². The highest BCUT2D eigenvalue weighted by Crippen LogP contribution is 2.33. The van der Waals surface area contributed by atoms with Crippen LogP contribution in [0.5, 0.6) is 0 Å². The third kappa shape index (κ3) is 5.08. The molecule has 0 saturated heterocycles. The zero-order valence-electron chi connectivity index (χ0n) is 13.6. The van der Waals surface area contributed by atoms with Gasteiger partial charge in [0.2, 0.25) is 0 Å². The van der Waals surface area contributed by atoms with Gasteiger partial charge in [-0.2, -0.15) is 0 Å². The summed E-state index contributed by atoms with van der Waals surface area (Å²) in [6, 6.07) is 9.00. The second-order valence-electron chi connectivity index (χ2n) is 7.06. The predicted octanol–water partition coefficient (Wildman–Crippen LogP) is 4.28. The highest BCUT2D eigenvalue weighted by atomic mass is 79.9. The lowest BCUT2D eigenvalue weighted by Crippen LogP contribution is -2.42. The van der Waals surface area contributed by atoms with Gasteiger partial charge in [0.25, 0.3) is 0 Å². The quantitative estimate of drug-likeness (QED) is 0.856. The molecule has 3 unspecified atom stereocenters. The molecular formula is C18H29BrN2. The minimum absolute atomic E-state index is 0.382. The van der Waals surface area contributed by atoms with Crippen LogP contribution in [0.1, 0.15) is 38.7 Å². The molecule has 0 bridgehead atoms. The summed E-state index contributed by atoms with van der Waals surface area (Å²) in [5.41, 5.74) is 7.74. The maximum Gasteiger partial charge on any atom is 0.0230 e. The monoisotopic (exact) mass is 352 g/mol. The van der Waals surface area contributed by atoms with E-state index in [4.69, 9.17) is 5.73 Å². The fourth-order valence-corrected chi connectivity index (χ4v) is 3.77. The maximum atomic E-state index is 6.37. The van der Waals surface area contributed by atoms with Crippen LogP contribution in [0.15, 0.2) is 28.7 Å². The highest BCUT2D eigenvalue weighted by Gasteiger charge is 2.30. The van der Waals surface area contributed by atoms with Gasteiger partial charge in [-0.05, 0) is 61.8 Å². The van der Waals surface area contributed by atoms with E-state index < -0.39 is 0 Å². The fraction of sp³-hybridized carbons (Fsp3) is 0.667. The van der Waals surface area contributed by atoms with Gasteiger partial charge in [-0.15, -0.1) is 0 Å². The van der Waals surface area contributed by atoms with E-state index in [2.05, 4.69) is 66.0 Å². The Morgan fingerprint density at radius 1 is 1.24 bits per heavy atom. The van der Waals surface area contributed by atoms with Crippen LogP contribution in [0.25, 0.3) is 0 Å². The normalized spacial score (nSPS) is 26.5. The molecule has 21 heavy (non-hydrogen) atoms. The summed E-state index contributed by atoms with van der Waals surface area (Å²) in [4.78, 5) is 2.43. The van der Waals surface area contributed by atoms with Crippen molar-refractivity contribution in [3.63, 3.8) is 0 Å². The van der Waals surface area contributed by atoms with Gasteiger partial charge in [-0.1, -0.05) is 41.9 Å². The zero-order valence-corrected chi connectivity index (χ0v) is 15.1. The number of benzene rings is 1. The fourth-order valence-electron chi connectivity index (χ4n) is 3.51. The molecule has 1 aromatic carbocycles. The lowest BCUT2D eigenvalue weighted by molar-refractivity contribution is 0.147. The van der Waals surface area contributed by atoms with Crippen molar-refractivity contribution in [1.29, 1.82) is 0 Å². The van der Waals surface area contributed by atoms with Crippen LogP contribution >= 0.6 is 15.9 Å². The topological polar surface area (TPSA) is 29.3 Å². The first-order valence-corrected chi connectivity index (χ1v) is 8.93. The van der Waals surface area contributed by atoms with Crippen LogP contribution in [0.2, 0.25) is 0 Å². The van der Waals surface area contributed by atoms with Crippen LogP contribution in [0.3, 0.4) is 0 Å². The second-order valence-corrected chi connectivity index (χ2v) is 7.98. The number of rotatable bonds is 5. The van der Waals surface area contributed by atoms with Gasteiger partial charge in [0.1, 0.15) is 0 Å². The van der Waals surface area contributed by atoms with Gasteiger partial charge in [-0.25, -0.2) is 0 Å². The van der Waals surface area contributed by atoms with Gasteiger partial charge in [-0.3, -0.25) is 0 Å². The molecule has 1 saturated carbocycles. The van der Waals surface area contributed by atoms with E-state index in [1.165, 1.54) is 24.8 Å². The molecular weight excluding hydrogens is 324 g/mol. The summed E-state index contributed by atoms with van der Waals surface area (Å²) < 4.78 is 1.14. The van der Waals surface area contributed by atoms with Crippen molar-refractivity contribution in [2.45, 2.75) is 45.7 Å². The smallest absolute Gasteiger partial charge is 0.0230 e. The summed E-state index contributed by atoms with van der Waals surface area (Å²) in [6.07, 6.45) is 3.80. The first-order valence-electron chi connectivity index (χ1n) is 8.14. The maximum absolute atomic E-state index is 6.37. The molecule has 3 heteroatoms. The molecule has 1 aliphatic carbocycles. The summed E-state index contributed by atoms with van der Waals surface area (Å²) in [7, 11) is 2.22. The molecule has 0 aliphatic heterocycles. The van der Waals surface area contributed by atoms with E-state index in [9.17, 15) is 0 Å². The molecule has 0 aromatic heterocycles. The Balaban J connectivity index is 1.88. The summed E-state index contributed by atoms with van der Waals surface area (Å²) in [5.74, 6) is 2.29. The molecule has 118 valence electrons. The molecule has 0 radical (unpaired) electrons. The number of halogens is 1. The average molecular weight is 353 g/mol. The Bertz CT molecular complexity index is 429. The van der Waals surface area contributed by atoms with Crippen LogP contribution in [-0.2, 0) is 6.54 Å². The van der Waals surface area contributed by atoms with E-state index >= 15 is 0 Å². The SMILES string of the molecule is CC(C)C1CCC(N)C(CN(C)Cc2ccc(Br)cc2)C1. The predicted molar refractivity (Wildman–Crippen MR) is 94.1 cm³/mol. The van der Waals surface area contributed by atoms with Crippen LogP contribution < -0.4 is 5.73 Å². The number of hydrogen-bond donors (Lipinski definition) is 1. The van der Waals surface area contributed by atoms with Crippen molar-refractivity contribution in [1.82, 2.24) is 4.90 Å². The highest BCUT2D eigenvalue weighted by molar-refractivity contribution is 9.10. The average Bonchev–Trinajstić information content (AvgIpc) is 2.43. The van der Waals surface area contributed by atoms with Gasteiger partial charge < -0.3 is 10.6 Å². The summed E-state index contributed by atoms with van der Waals surface area (Å²) in [6.45, 7) is 6.82. The largest absolute Gasteiger partial charge is 0.327 e. The van der Waals surface area contributed by atoms with E-state index in [0.29, 0.717) is 12.0 Å². The van der Waals surface area contributed by atoms with Gasteiger partial charge in [0.05, 0.1) is 0 Å². The van der Waals surface area contributed by atoms with Crippen LogP contribution in [0.4, 0.5) is 0 Å².